The number of anilines is 1. The Balaban J connectivity index is 2.10. The van der Waals surface area contributed by atoms with Crippen molar-refractivity contribution < 1.29 is 4.39 Å². The predicted octanol–water partition coefficient (Wildman–Crippen LogP) is 4.14. The fourth-order valence-corrected chi connectivity index (χ4v) is 1.69. The van der Waals surface area contributed by atoms with Crippen LogP contribution >= 0.6 is 23.2 Å². The largest absolute Gasteiger partial charge is 0.378 e. The van der Waals surface area contributed by atoms with Gasteiger partial charge >= 0.3 is 0 Å². The molecular formula is C12H9Cl2FN2. The van der Waals surface area contributed by atoms with E-state index in [1.807, 2.05) is 0 Å². The molecule has 2 nitrogen and oxygen atoms in total. The van der Waals surface area contributed by atoms with Gasteiger partial charge in [-0.15, -0.1) is 0 Å². The van der Waals surface area contributed by atoms with Crippen molar-refractivity contribution in [3.63, 3.8) is 0 Å². The molecule has 0 saturated carbocycles. The Hall–Kier alpha value is -1.32. The van der Waals surface area contributed by atoms with Crippen molar-refractivity contribution in [2.75, 3.05) is 5.32 Å². The van der Waals surface area contributed by atoms with Crippen molar-refractivity contribution in [1.82, 2.24) is 4.98 Å². The fourth-order valence-electron chi connectivity index (χ4n) is 1.36. The number of nitrogens with one attached hydrogen (secondary N) is 1. The molecular weight excluding hydrogens is 262 g/mol. The average Bonchev–Trinajstić information content (AvgIpc) is 2.30. The molecule has 0 aliphatic carbocycles. The molecule has 0 unspecified atom stereocenters. The van der Waals surface area contributed by atoms with Gasteiger partial charge in [0.2, 0.25) is 0 Å². The maximum atomic E-state index is 13.5. The van der Waals surface area contributed by atoms with Crippen LogP contribution in [0.1, 0.15) is 5.56 Å². The van der Waals surface area contributed by atoms with Crippen molar-refractivity contribution in [2.24, 2.45) is 0 Å². The van der Waals surface area contributed by atoms with Crippen molar-refractivity contribution >= 4 is 28.9 Å². The van der Waals surface area contributed by atoms with Gasteiger partial charge in [-0.2, -0.15) is 0 Å². The zero-order valence-electron chi connectivity index (χ0n) is 8.75. The van der Waals surface area contributed by atoms with Crippen LogP contribution in [0.2, 0.25) is 10.0 Å². The molecule has 0 bridgehead atoms. The maximum absolute atomic E-state index is 13.5. The van der Waals surface area contributed by atoms with Crippen molar-refractivity contribution in [1.29, 1.82) is 0 Å². The minimum Gasteiger partial charge on any atom is -0.378 e. The summed E-state index contributed by atoms with van der Waals surface area (Å²) in [5.74, 6) is -0.343. The number of aromatic nitrogens is 1. The summed E-state index contributed by atoms with van der Waals surface area (Å²) in [5, 5.41) is 3.94. The van der Waals surface area contributed by atoms with E-state index in [9.17, 15) is 4.39 Å². The van der Waals surface area contributed by atoms with Crippen molar-refractivity contribution in [3.05, 3.63) is 58.1 Å². The normalized spacial score (nSPS) is 10.3. The lowest BCUT2D eigenvalue weighted by atomic mass is 10.2. The number of hydrogen-bond donors (Lipinski definition) is 1. The lowest BCUT2D eigenvalue weighted by Gasteiger charge is -2.08. The van der Waals surface area contributed by atoms with E-state index in [1.54, 1.807) is 30.6 Å². The lowest BCUT2D eigenvalue weighted by molar-refractivity contribution is 0.613. The maximum Gasteiger partial charge on any atom is 0.129 e. The molecule has 0 saturated heterocycles. The molecule has 1 aromatic heterocycles. The molecule has 0 spiro atoms. The quantitative estimate of drug-likeness (QED) is 0.907. The predicted molar refractivity (Wildman–Crippen MR) is 68.0 cm³/mol. The van der Waals surface area contributed by atoms with Crippen LogP contribution in [0.5, 0.6) is 0 Å². The topological polar surface area (TPSA) is 24.9 Å². The van der Waals surface area contributed by atoms with Gasteiger partial charge in [-0.3, -0.25) is 4.98 Å². The number of halogens is 3. The third-order valence-corrected chi connectivity index (χ3v) is 2.82. The molecule has 0 fully saturated rings. The van der Waals surface area contributed by atoms with Gasteiger partial charge in [-0.25, -0.2) is 4.39 Å². The van der Waals surface area contributed by atoms with Crippen LogP contribution in [-0.2, 0) is 6.54 Å². The Morgan fingerprint density at radius 1 is 1.24 bits per heavy atom. The van der Waals surface area contributed by atoms with E-state index in [0.29, 0.717) is 27.8 Å². The molecule has 1 N–H and O–H groups in total. The van der Waals surface area contributed by atoms with Crippen LogP contribution in [0.4, 0.5) is 10.1 Å². The number of rotatable bonds is 3. The third kappa shape index (κ3) is 3.08. The van der Waals surface area contributed by atoms with Crippen LogP contribution in [0.15, 0.2) is 36.7 Å². The second-order valence-electron chi connectivity index (χ2n) is 3.44. The molecule has 88 valence electrons. The van der Waals surface area contributed by atoms with E-state index in [2.05, 4.69) is 10.3 Å². The Morgan fingerprint density at radius 2 is 2.06 bits per heavy atom. The van der Waals surface area contributed by atoms with Crippen LogP contribution in [0, 0.1) is 5.82 Å². The molecule has 1 heterocycles. The Kier molecular flexibility index (Phi) is 3.82. The van der Waals surface area contributed by atoms with Crippen LogP contribution in [0.3, 0.4) is 0 Å². The van der Waals surface area contributed by atoms with Gasteiger partial charge in [-0.05, 0) is 18.2 Å². The van der Waals surface area contributed by atoms with Gasteiger partial charge in [-0.1, -0.05) is 29.3 Å². The summed E-state index contributed by atoms with van der Waals surface area (Å²) >= 11 is 11.6. The fraction of sp³-hybridized carbons (Fsp3) is 0.0833. The first-order valence-electron chi connectivity index (χ1n) is 4.94. The summed E-state index contributed by atoms with van der Waals surface area (Å²) in [7, 11) is 0. The van der Waals surface area contributed by atoms with E-state index in [0.717, 1.165) is 0 Å². The van der Waals surface area contributed by atoms with Gasteiger partial charge in [0.1, 0.15) is 5.82 Å². The highest BCUT2D eigenvalue weighted by atomic mass is 35.5. The lowest BCUT2D eigenvalue weighted by Crippen LogP contribution is -2.02. The standard InChI is InChI=1S/C12H9Cl2FN2/c13-9-2-1-8(11(15)5-9)6-17-12-7-16-4-3-10(12)14/h1-5,7,17H,6H2. The molecule has 5 heteroatoms. The monoisotopic (exact) mass is 270 g/mol. The third-order valence-electron chi connectivity index (χ3n) is 2.25. The minimum absolute atomic E-state index is 0.328. The molecule has 0 radical (unpaired) electrons. The molecule has 2 aromatic rings. The van der Waals surface area contributed by atoms with Gasteiger partial charge in [0.25, 0.3) is 0 Å². The summed E-state index contributed by atoms with van der Waals surface area (Å²) in [6.07, 6.45) is 3.19. The second kappa shape index (κ2) is 5.34. The smallest absolute Gasteiger partial charge is 0.129 e. The van der Waals surface area contributed by atoms with E-state index < -0.39 is 0 Å². The summed E-state index contributed by atoms with van der Waals surface area (Å²) in [6.45, 7) is 0.328. The number of benzene rings is 1. The van der Waals surface area contributed by atoms with E-state index in [-0.39, 0.29) is 5.82 Å². The number of hydrogen-bond acceptors (Lipinski definition) is 2. The average molecular weight is 271 g/mol. The Labute approximate surface area is 108 Å². The Bertz CT molecular complexity index is 532. The molecule has 2 rings (SSSR count). The Morgan fingerprint density at radius 3 is 2.76 bits per heavy atom. The zero-order valence-corrected chi connectivity index (χ0v) is 10.3. The number of pyridine rings is 1. The van der Waals surface area contributed by atoms with E-state index >= 15 is 0 Å². The molecule has 0 aliphatic heterocycles. The molecule has 17 heavy (non-hydrogen) atoms. The van der Waals surface area contributed by atoms with Gasteiger partial charge < -0.3 is 5.32 Å². The number of nitrogens with zero attached hydrogens (tertiary/aromatic N) is 1. The molecule has 0 aliphatic rings. The minimum atomic E-state index is -0.343. The van der Waals surface area contributed by atoms with E-state index in [4.69, 9.17) is 23.2 Å². The van der Waals surface area contributed by atoms with E-state index in [1.165, 1.54) is 6.07 Å². The first kappa shape index (κ1) is 12.1. The van der Waals surface area contributed by atoms with Crippen molar-refractivity contribution in [2.45, 2.75) is 6.54 Å². The highest BCUT2D eigenvalue weighted by Crippen LogP contribution is 2.21. The summed E-state index contributed by atoms with van der Waals surface area (Å²) in [6, 6.07) is 6.23. The zero-order chi connectivity index (χ0) is 12.3. The van der Waals surface area contributed by atoms with Crippen LogP contribution < -0.4 is 5.32 Å². The SMILES string of the molecule is Fc1cc(Cl)ccc1CNc1cnccc1Cl. The molecule has 0 atom stereocenters. The summed E-state index contributed by atoms with van der Waals surface area (Å²) < 4.78 is 13.5. The first-order valence-corrected chi connectivity index (χ1v) is 5.70. The van der Waals surface area contributed by atoms with Gasteiger partial charge in [0, 0.05) is 23.3 Å². The van der Waals surface area contributed by atoms with Gasteiger partial charge in [0.05, 0.1) is 16.9 Å². The molecule has 0 amide bonds. The van der Waals surface area contributed by atoms with Gasteiger partial charge in [0.15, 0.2) is 0 Å². The first-order chi connectivity index (χ1) is 8.16. The van der Waals surface area contributed by atoms with Crippen LogP contribution in [0.25, 0.3) is 0 Å². The highest BCUT2D eigenvalue weighted by Gasteiger charge is 2.04. The second-order valence-corrected chi connectivity index (χ2v) is 4.29. The van der Waals surface area contributed by atoms with Crippen molar-refractivity contribution in [3.8, 4) is 0 Å². The van der Waals surface area contributed by atoms with Crippen LogP contribution in [-0.4, -0.2) is 4.98 Å². The summed E-state index contributed by atoms with van der Waals surface area (Å²) in [5.41, 5.74) is 1.19. The summed E-state index contributed by atoms with van der Waals surface area (Å²) in [4.78, 5) is 3.93. The highest BCUT2D eigenvalue weighted by molar-refractivity contribution is 6.33. The molecule has 1 aromatic carbocycles.